The van der Waals surface area contributed by atoms with Crippen LogP contribution in [0.15, 0.2) is 0 Å². The van der Waals surface area contributed by atoms with Gasteiger partial charge in [0.25, 0.3) is 0 Å². The fourth-order valence-electron chi connectivity index (χ4n) is 0.269. The summed E-state index contributed by atoms with van der Waals surface area (Å²) < 4.78 is -1.10. The highest BCUT2D eigenvalue weighted by Gasteiger charge is 2.50. The highest BCUT2D eigenvalue weighted by molar-refractivity contribution is 8.93. The second kappa shape index (κ2) is 2.07. The molecule has 1 rings (SSSR count). The van der Waals surface area contributed by atoms with Crippen LogP contribution < -0.4 is 0 Å². The molecule has 0 amide bonds. The third kappa shape index (κ3) is 1.11. The van der Waals surface area contributed by atoms with E-state index in [9.17, 15) is 0 Å². The van der Waals surface area contributed by atoms with Gasteiger partial charge >= 0.3 is 0 Å². The van der Waals surface area contributed by atoms with Gasteiger partial charge in [-0.2, -0.15) is 0 Å². The van der Waals surface area contributed by atoms with Gasteiger partial charge in [0.1, 0.15) is 6.10 Å². The second-order valence-electron chi connectivity index (χ2n) is 1.50. The van der Waals surface area contributed by atoms with Crippen LogP contribution in [0.3, 0.4) is 0 Å². The number of rotatable bonds is 2. The maximum atomic E-state index is 8.91. The highest BCUT2D eigenvalue weighted by atomic mass is 33.2. The zero-order valence-corrected chi connectivity index (χ0v) is 5.58. The van der Waals surface area contributed by atoms with E-state index in [0.717, 1.165) is 0 Å². The van der Waals surface area contributed by atoms with Crippen LogP contribution in [-0.4, -0.2) is 32.3 Å². The van der Waals surface area contributed by atoms with Gasteiger partial charge in [-0.1, -0.05) is 0 Å². The molecule has 0 saturated carbocycles. The Balaban J connectivity index is 2.34. The molecule has 1 saturated heterocycles. The van der Waals surface area contributed by atoms with Crippen LogP contribution in [0.25, 0.3) is 0 Å². The maximum absolute atomic E-state index is 8.91. The molecule has 3 N–H and O–H groups in total. The Morgan fingerprint density at radius 1 is 1.50 bits per heavy atom. The van der Waals surface area contributed by atoms with Crippen LogP contribution in [0, 0.1) is 0 Å². The smallest absolute Gasteiger partial charge is 0.206 e. The molecule has 1 fully saturated rings. The predicted octanol–water partition coefficient (Wildman–Crippen LogP) is -0.619. The first kappa shape index (κ1) is 6.70. The minimum Gasteiger partial charge on any atom is -0.393 e. The van der Waals surface area contributed by atoms with E-state index in [1.807, 2.05) is 0 Å². The lowest BCUT2D eigenvalue weighted by molar-refractivity contribution is 0.0177. The summed E-state index contributed by atoms with van der Waals surface area (Å²) in [6.45, 7) is -0.378. The molecule has 1 unspecified atom stereocenters. The molecule has 0 aromatic heterocycles. The van der Waals surface area contributed by atoms with Gasteiger partial charge < -0.3 is 15.3 Å². The van der Waals surface area contributed by atoms with Gasteiger partial charge in [-0.25, -0.2) is 0 Å². The molecule has 5 heteroatoms. The quantitative estimate of drug-likeness (QED) is 0.365. The van der Waals surface area contributed by atoms with Crippen LogP contribution >= 0.6 is 21.6 Å². The molecular weight excluding hydrogens is 148 g/mol. The Bertz CT molecular complexity index is 92.5. The van der Waals surface area contributed by atoms with Gasteiger partial charge in [-0.15, -0.1) is 0 Å². The summed E-state index contributed by atoms with van der Waals surface area (Å²) in [4.78, 5) is 0. The SMILES string of the molecule is OCC(O)C1(O)SS1. The van der Waals surface area contributed by atoms with Crippen LogP contribution in [0.5, 0.6) is 0 Å². The monoisotopic (exact) mass is 154 g/mol. The van der Waals surface area contributed by atoms with Crippen molar-refractivity contribution in [2.45, 2.75) is 10.4 Å². The Morgan fingerprint density at radius 3 is 2.12 bits per heavy atom. The van der Waals surface area contributed by atoms with E-state index in [-0.39, 0.29) is 6.61 Å². The third-order valence-electron chi connectivity index (χ3n) is 0.848. The predicted molar refractivity (Wildman–Crippen MR) is 33.2 cm³/mol. The van der Waals surface area contributed by atoms with Crippen LogP contribution in [0.1, 0.15) is 0 Å². The summed E-state index contributed by atoms with van der Waals surface area (Å²) in [5, 5.41) is 25.9. The maximum Gasteiger partial charge on any atom is 0.206 e. The van der Waals surface area contributed by atoms with E-state index < -0.39 is 10.4 Å². The molecule has 0 radical (unpaired) electrons. The average molecular weight is 154 g/mol. The van der Waals surface area contributed by atoms with E-state index in [4.69, 9.17) is 15.3 Å². The summed E-state index contributed by atoms with van der Waals surface area (Å²) >= 11 is 0. The lowest BCUT2D eigenvalue weighted by Gasteiger charge is -2.07. The molecule has 1 atom stereocenters. The lowest BCUT2D eigenvalue weighted by Crippen LogP contribution is -2.28. The van der Waals surface area contributed by atoms with Crippen molar-refractivity contribution < 1.29 is 15.3 Å². The van der Waals surface area contributed by atoms with Crippen molar-refractivity contribution in [3.8, 4) is 0 Å². The average Bonchev–Trinajstić information content (AvgIpc) is 2.47. The van der Waals surface area contributed by atoms with Crippen molar-refractivity contribution in [3.63, 3.8) is 0 Å². The zero-order valence-electron chi connectivity index (χ0n) is 3.94. The first-order chi connectivity index (χ1) is 3.69. The first-order valence-electron chi connectivity index (χ1n) is 2.07. The second-order valence-corrected chi connectivity index (χ2v) is 4.33. The minimum atomic E-state index is -1.10. The number of hydrogen-bond donors (Lipinski definition) is 3. The molecule has 0 bridgehead atoms. The Morgan fingerprint density at radius 2 is 2.00 bits per heavy atom. The van der Waals surface area contributed by atoms with Crippen molar-refractivity contribution in [2.75, 3.05) is 6.61 Å². The zero-order chi connectivity index (χ0) is 6.20. The van der Waals surface area contributed by atoms with Crippen molar-refractivity contribution in [3.05, 3.63) is 0 Å². The van der Waals surface area contributed by atoms with Crippen LogP contribution in [0.2, 0.25) is 0 Å². The fourth-order valence-corrected chi connectivity index (χ4v) is 1.65. The van der Waals surface area contributed by atoms with E-state index in [1.165, 1.54) is 21.6 Å². The van der Waals surface area contributed by atoms with E-state index >= 15 is 0 Å². The summed E-state index contributed by atoms with van der Waals surface area (Å²) in [5.41, 5.74) is 0. The normalized spacial score (nSPS) is 27.4. The van der Waals surface area contributed by atoms with E-state index in [2.05, 4.69) is 0 Å². The molecule has 0 spiro atoms. The molecule has 3 nitrogen and oxygen atoms in total. The van der Waals surface area contributed by atoms with Crippen molar-refractivity contribution in [2.24, 2.45) is 0 Å². The molecule has 1 aliphatic rings. The van der Waals surface area contributed by atoms with Crippen molar-refractivity contribution in [1.82, 2.24) is 0 Å². The van der Waals surface area contributed by atoms with Crippen molar-refractivity contribution in [1.29, 1.82) is 0 Å². The first-order valence-corrected chi connectivity index (χ1v) is 4.22. The number of aliphatic hydroxyl groups excluding tert-OH is 2. The molecule has 0 aromatic carbocycles. The van der Waals surface area contributed by atoms with Gasteiger partial charge in [-0.05, 0) is 21.6 Å². The molecule has 48 valence electrons. The molecular formula is C3H6O3S2. The van der Waals surface area contributed by atoms with Crippen molar-refractivity contribution >= 4 is 21.6 Å². The van der Waals surface area contributed by atoms with Gasteiger partial charge in [0.2, 0.25) is 4.27 Å². The summed E-state index contributed by atoms with van der Waals surface area (Å²) in [6, 6.07) is 0. The molecule has 0 aliphatic carbocycles. The molecule has 8 heavy (non-hydrogen) atoms. The summed E-state index contributed by atoms with van der Waals surface area (Å²) in [7, 11) is 2.33. The number of hydrogen-bond acceptors (Lipinski definition) is 5. The molecule has 0 aromatic rings. The summed E-state index contributed by atoms with van der Waals surface area (Å²) in [5.74, 6) is 0. The number of aliphatic hydroxyl groups is 3. The standard InChI is InChI=1S/C3H6O3S2/c4-1-2(5)3(6)7-8-3/h2,4-6H,1H2. The molecule has 1 heterocycles. The van der Waals surface area contributed by atoms with E-state index in [1.54, 1.807) is 0 Å². The van der Waals surface area contributed by atoms with Gasteiger partial charge in [0, 0.05) is 0 Å². The Kier molecular flexibility index (Phi) is 1.74. The fraction of sp³-hybridized carbons (Fsp3) is 1.00. The minimum absolute atomic E-state index is 0.378. The lowest BCUT2D eigenvalue weighted by atomic mass is 10.4. The third-order valence-corrected chi connectivity index (χ3v) is 3.43. The molecule has 1 aliphatic heterocycles. The van der Waals surface area contributed by atoms with Gasteiger partial charge in [0.15, 0.2) is 0 Å². The topological polar surface area (TPSA) is 60.7 Å². The largest absolute Gasteiger partial charge is 0.393 e. The Hall–Kier alpha value is 0.580. The highest BCUT2D eigenvalue weighted by Crippen LogP contribution is 2.64. The van der Waals surface area contributed by atoms with Crippen LogP contribution in [-0.2, 0) is 0 Å². The summed E-state index contributed by atoms with van der Waals surface area (Å²) in [6.07, 6.45) is -1.00. The van der Waals surface area contributed by atoms with E-state index in [0.29, 0.717) is 0 Å². The van der Waals surface area contributed by atoms with Crippen LogP contribution in [0.4, 0.5) is 0 Å². The van der Waals surface area contributed by atoms with Gasteiger partial charge in [-0.3, -0.25) is 0 Å². The Labute approximate surface area is 54.5 Å². The van der Waals surface area contributed by atoms with Gasteiger partial charge in [0.05, 0.1) is 6.61 Å².